The fourth-order valence-electron chi connectivity index (χ4n) is 1.34. The van der Waals surface area contributed by atoms with Gasteiger partial charge >= 0.3 is 0 Å². The molecule has 1 N–H and O–H groups in total. The van der Waals surface area contributed by atoms with E-state index in [-0.39, 0.29) is 11.6 Å². The van der Waals surface area contributed by atoms with Crippen LogP contribution in [0, 0.1) is 5.82 Å². The van der Waals surface area contributed by atoms with Crippen LogP contribution in [0.2, 0.25) is 0 Å². The van der Waals surface area contributed by atoms with Crippen LogP contribution in [0.5, 0.6) is 0 Å². The lowest BCUT2D eigenvalue weighted by atomic mass is 10.1. The summed E-state index contributed by atoms with van der Waals surface area (Å²) in [5.74, 6) is -0.251. The van der Waals surface area contributed by atoms with Crippen LogP contribution in [0.1, 0.15) is 5.56 Å². The minimum atomic E-state index is -0.320. The van der Waals surface area contributed by atoms with Gasteiger partial charge in [0, 0.05) is 20.1 Å². The van der Waals surface area contributed by atoms with Crippen LogP contribution in [0.15, 0.2) is 22.7 Å². The van der Waals surface area contributed by atoms with Gasteiger partial charge in [0.05, 0.1) is 17.6 Å². The second kappa shape index (κ2) is 7.53. The third-order valence-corrected chi connectivity index (χ3v) is 2.80. The highest BCUT2D eigenvalue weighted by atomic mass is 79.9. The molecule has 94 valence electrons. The maximum atomic E-state index is 13.0. The van der Waals surface area contributed by atoms with Crippen LogP contribution in [0.4, 0.5) is 4.39 Å². The minimum absolute atomic E-state index is 0.0691. The summed E-state index contributed by atoms with van der Waals surface area (Å²) >= 11 is 3.09. The summed E-state index contributed by atoms with van der Waals surface area (Å²) in [6, 6.07) is 4.60. The molecule has 0 atom stereocenters. The summed E-state index contributed by atoms with van der Waals surface area (Å²) in [5, 5.41) is 2.97. The number of halogens is 2. The average molecular weight is 304 g/mol. The minimum Gasteiger partial charge on any atom is -0.383 e. The van der Waals surface area contributed by atoms with Crippen LogP contribution < -0.4 is 5.32 Å². The Balaban J connectivity index is 2.37. The van der Waals surface area contributed by atoms with Crippen molar-refractivity contribution >= 4 is 21.7 Å². The fourth-order valence-corrected chi connectivity index (χ4v) is 1.77. The van der Waals surface area contributed by atoms with Crippen LogP contribution in [0.3, 0.4) is 0 Å². The second-order valence-electron chi connectivity index (χ2n) is 3.63. The zero-order valence-corrected chi connectivity index (χ0v) is 11.2. The van der Waals surface area contributed by atoms with E-state index in [4.69, 9.17) is 4.74 Å². The van der Waals surface area contributed by atoms with E-state index in [1.807, 2.05) is 0 Å². The molecule has 0 fully saturated rings. The fraction of sp³-hybridized carbons (Fsp3) is 0.417. The van der Waals surface area contributed by atoms with E-state index in [0.717, 1.165) is 5.56 Å². The first-order valence-electron chi connectivity index (χ1n) is 5.28. The number of hydrogen-bond donors (Lipinski definition) is 1. The van der Waals surface area contributed by atoms with E-state index in [0.29, 0.717) is 30.6 Å². The van der Waals surface area contributed by atoms with E-state index in [2.05, 4.69) is 21.2 Å². The Bertz CT molecular complexity index is 385. The second-order valence-corrected chi connectivity index (χ2v) is 4.49. The van der Waals surface area contributed by atoms with Gasteiger partial charge in [-0.05, 0) is 33.6 Å². The number of nitrogens with one attached hydrogen (secondary N) is 1. The van der Waals surface area contributed by atoms with Crippen LogP contribution in [-0.4, -0.2) is 32.6 Å². The molecule has 0 spiro atoms. The van der Waals surface area contributed by atoms with Gasteiger partial charge in [-0.15, -0.1) is 0 Å². The van der Waals surface area contributed by atoms with Gasteiger partial charge in [-0.25, -0.2) is 4.39 Å². The average Bonchev–Trinajstić information content (AvgIpc) is 2.30. The molecule has 0 aliphatic carbocycles. The third-order valence-electron chi connectivity index (χ3n) is 2.19. The summed E-state index contributed by atoms with van der Waals surface area (Å²) in [4.78, 5) is 11.6. The van der Waals surface area contributed by atoms with Gasteiger partial charge in [0.2, 0.25) is 0 Å². The summed E-state index contributed by atoms with van der Waals surface area (Å²) in [6.07, 6.45) is 0.304. The zero-order valence-electron chi connectivity index (χ0n) is 9.63. The SMILES string of the molecule is COCCNCC(=O)Cc1ccc(F)c(Br)c1. The highest BCUT2D eigenvalue weighted by Crippen LogP contribution is 2.17. The van der Waals surface area contributed by atoms with Crippen molar-refractivity contribution in [2.24, 2.45) is 0 Å². The van der Waals surface area contributed by atoms with Crippen molar-refractivity contribution in [2.75, 3.05) is 26.8 Å². The number of ether oxygens (including phenoxy) is 1. The molecule has 0 aliphatic heterocycles. The van der Waals surface area contributed by atoms with Crippen LogP contribution in [-0.2, 0) is 16.0 Å². The number of carbonyl (C=O) groups is 1. The highest BCUT2D eigenvalue weighted by molar-refractivity contribution is 9.10. The number of hydrogen-bond acceptors (Lipinski definition) is 3. The van der Waals surface area contributed by atoms with Crippen molar-refractivity contribution in [3.8, 4) is 0 Å². The quantitative estimate of drug-likeness (QED) is 0.782. The molecule has 0 saturated carbocycles. The first kappa shape index (κ1) is 14.3. The Morgan fingerprint density at radius 1 is 1.53 bits per heavy atom. The van der Waals surface area contributed by atoms with E-state index in [1.54, 1.807) is 19.2 Å². The Labute approximate surface area is 108 Å². The van der Waals surface area contributed by atoms with Gasteiger partial charge < -0.3 is 10.1 Å². The maximum absolute atomic E-state index is 13.0. The molecule has 0 radical (unpaired) electrons. The van der Waals surface area contributed by atoms with Crippen molar-refractivity contribution < 1.29 is 13.9 Å². The number of rotatable bonds is 7. The summed E-state index contributed by atoms with van der Waals surface area (Å²) in [6.45, 7) is 1.53. The predicted molar refractivity (Wildman–Crippen MR) is 67.6 cm³/mol. The normalized spacial score (nSPS) is 10.5. The molecule has 17 heavy (non-hydrogen) atoms. The van der Waals surface area contributed by atoms with Gasteiger partial charge in [-0.1, -0.05) is 6.07 Å². The molecule has 0 bridgehead atoms. The van der Waals surface area contributed by atoms with E-state index in [1.165, 1.54) is 6.07 Å². The molecule has 0 aliphatic rings. The summed E-state index contributed by atoms with van der Waals surface area (Å²) in [5.41, 5.74) is 0.803. The molecule has 0 saturated heterocycles. The van der Waals surface area contributed by atoms with Crippen LogP contribution in [0.25, 0.3) is 0 Å². The Kier molecular flexibility index (Phi) is 6.32. The molecule has 0 aromatic heterocycles. The van der Waals surface area contributed by atoms with Crippen LogP contribution >= 0.6 is 15.9 Å². The smallest absolute Gasteiger partial charge is 0.150 e. The van der Waals surface area contributed by atoms with E-state index >= 15 is 0 Å². The van der Waals surface area contributed by atoms with Gasteiger partial charge in [-0.2, -0.15) is 0 Å². The lowest BCUT2D eigenvalue weighted by Crippen LogP contribution is -2.27. The lowest BCUT2D eigenvalue weighted by molar-refractivity contribution is -0.117. The highest BCUT2D eigenvalue weighted by Gasteiger charge is 2.05. The molecule has 0 heterocycles. The van der Waals surface area contributed by atoms with E-state index < -0.39 is 0 Å². The maximum Gasteiger partial charge on any atom is 0.150 e. The molecule has 1 aromatic carbocycles. The summed E-state index contributed by atoms with van der Waals surface area (Å²) in [7, 11) is 1.61. The Morgan fingerprint density at radius 2 is 2.29 bits per heavy atom. The predicted octanol–water partition coefficient (Wildman–Crippen LogP) is 1.94. The molecule has 3 nitrogen and oxygen atoms in total. The Hall–Kier alpha value is -0.780. The van der Waals surface area contributed by atoms with Gasteiger partial charge in [0.25, 0.3) is 0 Å². The van der Waals surface area contributed by atoms with Crippen molar-refractivity contribution in [2.45, 2.75) is 6.42 Å². The monoisotopic (exact) mass is 303 g/mol. The number of methoxy groups -OCH3 is 1. The number of benzene rings is 1. The molecular weight excluding hydrogens is 289 g/mol. The Morgan fingerprint density at radius 3 is 2.94 bits per heavy atom. The molecule has 0 unspecified atom stereocenters. The van der Waals surface area contributed by atoms with Gasteiger partial charge in [-0.3, -0.25) is 4.79 Å². The third kappa shape index (κ3) is 5.39. The standard InChI is InChI=1S/C12H15BrFNO2/c1-17-5-4-15-8-10(16)6-9-2-3-12(14)11(13)7-9/h2-3,7,15H,4-6,8H2,1H3. The molecule has 1 aromatic rings. The molecule has 1 rings (SSSR count). The van der Waals surface area contributed by atoms with Crippen molar-refractivity contribution in [3.63, 3.8) is 0 Å². The molecule has 5 heteroatoms. The van der Waals surface area contributed by atoms with Crippen molar-refractivity contribution in [1.29, 1.82) is 0 Å². The number of Topliss-reactive ketones (excluding diaryl/α,β-unsaturated/α-hetero) is 1. The molecular formula is C12H15BrFNO2. The molecule has 0 amide bonds. The largest absolute Gasteiger partial charge is 0.383 e. The van der Waals surface area contributed by atoms with E-state index in [9.17, 15) is 9.18 Å². The first-order valence-corrected chi connectivity index (χ1v) is 6.08. The topological polar surface area (TPSA) is 38.3 Å². The van der Waals surface area contributed by atoms with Crippen molar-refractivity contribution in [1.82, 2.24) is 5.32 Å². The van der Waals surface area contributed by atoms with Crippen molar-refractivity contribution in [3.05, 3.63) is 34.1 Å². The van der Waals surface area contributed by atoms with Gasteiger partial charge in [0.1, 0.15) is 5.82 Å². The first-order chi connectivity index (χ1) is 8.13. The number of carbonyl (C=O) groups excluding carboxylic acids is 1. The van der Waals surface area contributed by atoms with Gasteiger partial charge in [0.15, 0.2) is 5.78 Å². The zero-order chi connectivity index (χ0) is 12.7. The summed E-state index contributed by atoms with van der Waals surface area (Å²) < 4.78 is 18.2. The number of ketones is 1. The lowest BCUT2D eigenvalue weighted by Gasteiger charge is -2.04.